The lowest BCUT2D eigenvalue weighted by molar-refractivity contribution is -0.159. The van der Waals surface area contributed by atoms with Crippen molar-refractivity contribution in [3.05, 3.63) is 0 Å². The van der Waals surface area contributed by atoms with Gasteiger partial charge in [-0.1, -0.05) is 0 Å². The number of Topliss-reactive ketones (excluding diaryl/α,β-unsaturated/α-hetero) is 3. The molecule has 4 nitrogen and oxygen atoms in total. The number of ketones is 3. The first-order valence-electron chi connectivity index (χ1n) is 5.88. The molecular formula is C12H16O4. The molecule has 0 amide bonds. The van der Waals surface area contributed by atoms with Crippen molar-refractivity contribution in [3.8, 4) is 0 Å². The summed E-state index contributed by atoms with van der Waals surface area (Å²) in [6, 6.07) is 0. The summed E-state index contributed by atoms with van der Waals surface area (Å²) in [6.45, 7) is 0. The summed E-state index contributed by atoms with van der Waals surface area (Å²) in [5.74, 6) is -2.00. The van der Waals surface area contributed by atoms with E-state index < -0.39 is 23.1 Å². The van der Waals surface area contributed by atoms with E-state index in [1.165, 1.54) is 0 Å². The molecule has 2 saturated carbocycles. The van der Waals surface area contributed by atoms with E-state index >= 15 is 0 Å². The Kier molecular flexibility index (Phi) is 2.93. The maximum Gasteiger partial charge on any atom is 0.204 e. The van der Waals surface area contributed by atoms with E-state index in [4.69, 9.17) is 0 Å². The Bertz CT molecular complexity index is 347. The fraction of sp³-hybridized carbons (Fsp3) is 0.750. The van der Waals surface area contributed by atoms with Gasteiger partial charge in [-0.25, -0.2) is 0 Å². The molecule has 0 aromatic rings. The van der Waals surface area contributed by atoms with Gasteiger partial charge in [-0.3, -0.25) is 14.4 Å². The van der Waals surface area contributed by atoms with Gasteiger partial charge in [-0.2, -0.15) is 0 Å². The zero-order chi connectivity index (χ0) is 11.8. The fourth-order valence-electron chi connectivity index (χ4n) is 2.78. The van der Waals surface area contributed by atoms with Crippen LogP contribution in [0.25, 0.3) is 0 Å². The van der Waals surface area contributed by atoms with Gasteiger partial charge in [0.2, 0.25) is 5.78 Å². The molecule has 88 valence electrons. The summed E-state index contributed by atoms with van der Waals surface area (Å²) in [4.78, 5) is 34.8. The molecule has 0 aliphatic heterocycles. The standard InChI is InChI=1S/C12H16O4/c13-9-5-3-4-8(11(9)15)12(16)7-2-1-6-10(12)14/h8,16H,1-7H2. The van der Waals surface area contributed by atoms with Crippen molar-refractivity contribution in [1.29, 1.82) is 0 Å². The molecule has 0 bridgehead atoms. The van der Waals surface area contributed by atoms with Gasteiger partial charge < -0.3 is 5.11 Å². The minimum Gasteiger partial charge on any atom is -0.381 e. The topological polar surface area (TPSA) is 71.4 Å². The van der Waals surface area contributed by atoms with Crippen molar-refractivity contribution in [2.45, 2.75) is 50.5 Å². The number of hydrogen-bond donors (Lipinski definition) is 1. The lowest BCUT2D eigenvalue weighted by atomic mass is 9.68. The van der Waals surface area contributed by atoms with Crippen LogP contribution in [0, 0.1) is 5.92 Å². The molecule has 2 unspecified atom stereocenters. The molecule has 0 saturated heterocycles. The molecule has 0 aromatic heterocycles. The maximum absolute atomic E-state index is 11.8. The highest BCUT2D eigenvalue weighted by Crippen LogP contribution is 2.37. The summed E-state index contributed by atoms with van der Waals surface area (Å²) in [5, 5.41) is 10.3. The molecule has 2 aliphatic rings. The Hall–Kier alpha value is -1.03. The Morgan fingerprint density at radius 2 is 1.81 bits per heavy atom. The molecule has 0 heterocycles. The van der Waals surface area contributed by atoms with Crippen LogP contribution in [0.4, 0.5) is 0 Å². The largest absolute Gasteiger partial charge is 0.381 e. The van der Waals surface area contributed by atoms with Crippen molar-refractivity contribution in [2.24, 2.45) is 5.92 Å². The minimum atomic E-state index is -1.55. The van der Waals surface area contributed by atoms with Gasteiger partial charge in [0.05, 0.1) is 5.92 Å². The molecule has 2 atom stereocenters. The third-order valence-electron chi connectivity index (χ3n) is 3.76. The van der Waals surface area contributed by atoms with Crippen LogP contribution in [0.3, 0.4) is 0 Å². The van der Waals surface area contributed by atoms with Gasteiger partial charge in [0, 0.05) is 12.8 Å². The highest BCUT2D eigenvalue weighted by Gasteiger charge is 2.50. The van der Waals surface area contributed by atoms with Crippen molar-refractivity contribution < 1.29 is 19.5 Å². The number of carbonyl (C=O) groups is 3. The predicted octanol–water partition coefficient (Wildman–Crippen LogP) is 0.799. The maximum atomic E-state index is 11.8. The number of carbonyl (C=O) groups excluding carboxylic acids is 3. The minimum absolute atomic E-state index is 0.258. The molecule has 2 aliphatic carbocycles. The first kappa shape index (κ1) is 11.5. The van der Waals surface area contributed by atoms with Crippen molar-refractivity contribution in [3.63, 3.8) is 0 Å². The smallest absolute Gasteiger partial charge is 0.204 e. The predicted molar refractivity (Wildman–Crippen MR) is 55.8 cm³/mol. The zero-order valence-corrected chi connectivity index (χ0v) is 9.20. The van der Waals surface area contributed by atoms with Gasteiger partial charge >= 0.3 is 0 Å². The summed E-state index contributed by atoms with van der Waals surface area (Å²) >= 11 is 0. The summed E-state index contributed by atoms with van der Waals surface area (Å²) in [7, 11) is 0. The Balaban J connectivity index is 2.24. The number of aliphatic hydroxyl groups is 1. The number of rotatable bonds is 1. The van der Waals surface area contributed by atoms with Crippen molar-refractivity contribution >= 4 is 17.3 Å². The number of hydrogen-bond acceptors (Lipinski definition) is 4. The van der Waals surface area contributed by atoms with E-state index in [0.717, 1.165) is 12.8 Å². The van der Waals surface area contributed by atoms with E-state index in [0.29, 0.717) is 25.7 Å². The SMILES string of the molecule is O=C1CCCC(C2(O)CCCCC2=O)C1=O. The van der Waals surface area contributed by atoms with Crippen molar-refractivity contribution in [1.82, 2.24) is 0 Å². The normalized spacial score (nSPS) is 36.6. The Morgan fingerprint density at radius 3 is 2.50 bits per heavy atom. The molecule has 4 heteroatoms. The van der Waals surface area contributed by atoms with Crippen molar-refractivity contribution in [2.75, 3.05) is 0 Å². The molecule has 16 heavy (non-hydrogen) atoms. The van der Waals surface area contributed by atoms with Gasteiger partial charge in [-0.05, 0) is 32.1 Å². The lowest BCUT2D eigenvalue weighted by Gasteiger charge is -2.38. The quantitative estimate of drug-likeness (QED) is 0.669. The third-order valence-corrected chi connectivity index (χ3v) is 3.76. The van der Waals surface area contributed by atoms with E-state index in [1.807, 2.05) is 0 Å². The summed E-state index contributed by atoms with van der Waals surface area (Å²) in [6.07, 6.45) is 3.51. The Labute approximate surface area is 94.0 Å². The van der Waals surface area contributed by atoms with Crippen LogP contribution in [0.5, 0.6) is 0 Å². The molecule has 2 fully saturated rings. The zero-order valence-electron chi connectivity index (χ0n) is 9.20. The average molecular weight is 224 g/mol. The van der Waals surface area contributed by atoms with Crippen LogP contribution in [-0.4, -0.2) is 28.1 Å². The van der Waals surface area contributed by atoms with E-state index in [-0.39, 0.29) is 12.2 Å². The highest BCUT2D eigenvalue weighted by atomic mass is 16.3. The van der Waals surface area contributed by atoms with Gasteiger partial charge in [0.1, 0.15) is 5.60 Å². The second-order valence-corrected chi connectivity index (χ2v) is 4.79. The van der Waals surface area contributed by atoms with Crippen LogP contribution in [-0.2, 0) is 14.4 Å². The molecule has 0 aromatic carbocycles. The van der Waals surface area contributed by atoms with E-state index in [1.54, 1.807) is 0 Å². The first-order valence-corrected chi connectivity index (χ1v) is 5.88. The lowest BCUT2D eigenvalue weighted by Crippen LogP contribution is -2.53. The molecule has 2 rings (SSSR count). The molecule has 1 N–H and O–H groups in total. The van der Waals surface area contributed by atoms with Gasteiger partial charge in [0.25, 0.3) is 0 Å². The highest BCUT2D eigenvalue weighted by molar-refractivity contribution is 6.39. The third kappa shape index (κ3) is 1.71. The van der Waals surface area contributed by atoms with Crippen LogP contribution < -0.4 is 0 Å². The summed E-state index contributed by atoms with van der Waals surface area (Å²) in [5.41, 5.74) is -1.55. The molecule has 0 spiro atoms. The molecular weight excluding hydrogens is 208 g/mol. The summed E-state index contributed by atoms with van der Waals surface area (Å²) < 4.78 is 0. The van der Waals surface area contributed by atoms with Crippen LogP contribution in [0.1, 0.15) is 44.9 Å². The van der Waals surface area contributed by atoms with E-state index in [2.05, 4.69) is 0 Å². The van der Waals surface area contributed by atoms with Crippen LogP contribution >= 0.6 is 0 Å². The van der Waals surface area contributed by atoms with Gasteiger partial charge in [-0.15, -0.1) is 0 Å². The fourth-order valence-corrected chi connectivity index (χ4v) is 2.78. The van der Waals surface area contributed by atoms with Crippen LogP contribution in [0.2, 0.25) is 0 Å². The monoisotopic (exact) mass is 224 g/mol. The Morgan fingerprint density at radius 1 is 1.06 bits per heavy atom. The second kappa shape index (κ2) is 4.09. The second-order valence-electron chi connectivity index (χ2n) is 4.79. The molecule has 0 radical (unpaired) electrons. The van der Waals surface area contributed by atoms with Gasteiger partial charge in [0.15, 0.2) is 11.6 Å². The van der Waals surface area contributed by atoms with E-state index in [9.17, 15) is 19.5 Å². The van der Waals surface area contributed by atoms with Crippen LogP contribution in [0.15, 0.2) is 0 Å². The first-order chi connectivity index (χ1) is 7.55. The average Bonchev–Trinajstić information content (AvgIpc) is 2.26.